The number of carbonyl (C=O) groups excluding carboxylic acids is 1. The van der Waals surface area contributed by atoms with E-state index in [4.69, 9.17) is 4.18 Å². The number of halogens is 1. The molecule has 0 saturated carbocycles. The normalized spacial score (nSPS) is 17.2. The molecule has 158 valence electrons. The summed E-state index contributed by atoms with van der Waals surface area (Å²) in [6.45, 7) is 0.875. The Bertz CT molecular complexity index is 858. The Morgan fingerprint density at radius 1 is 1.38 bits per heavy atom. The predicted octanol–water partition coefficient (Wildman–Crippen LogP) is 2.44. The van der Waals surface area contributed by atoms with Gasteiger partial charge in [0.15, 0.2) is 5.13 Å². The minimum Gasteiger partial charge on any atom is -0.308 e. The molecule has 0 fully saturated rings. The fourth-order valence-electron chi connectivity index (χ4n) is 3.14. The average molecular weight is 441 g/mol. The molecule has 1 aromatic carbocycles. The molecule has 0 saturated heterocycles. The van der Waals surface area contributed by atoms with Crippen LogP contribution in [0.3, 0.4) is 0 Å². The first-order valence-corrected chi connectivity index (χ1v) is 11.3. The molecule has 1 amide bonds. The maximum atomic E-state index is 13.2. The van der Waals surface area contributed by atoms with Gasteiger partial charge < -0.3 is 4.90 Å². The summed E-state index contributed by atoms with van der Waals surface area (Å²) >= 11 is -0.292. The number of fused-ring (bicyclic) bond motifs is 1. The highest BCUT2D eigenvalue weighted by Gasteiger charge is 2.26. The summed E-state index contributed by atoms with van der Waals surface area (Å²) in [6.07, 6.45) is 2.82. The van der Waals surface area contributed by atoms with Crippen molar-refractivity contribution in [2.24, 2.45) is 0 Å². The second kappa shape index (κ2) is 10.4. The van der Waals surface area contributed by atoms with Crippen LogP contribution in [0.2, 0.25) is 0 Å². The van der Waals surface area contributed by atoms with E-state index in [1.54, 1.807) is 12.1 Å². The molecule has 2 N–H and O–H groups in total. The number of aromatic nitrogens is 1. The molecule has 7 nitrogen and oxygen atoms in total. The summed E-state index contributed by atoms with van der Waals surface area (Å²) in [4.78, 5) is 19.7. The number of rotatable bonds is 9. The van der Waals surface area contributed by atoms with Crippen LogP contribution in [0.15, 0.2) is 24.3 Å². The van der Waals surface area contributed by atoms with Crippen molar-refractivity contribution in [2.45, 2.75) is 25.2 Å². The fourth-order valence-corrected chi connectivity index (χ4v) is 4.89. The summed E-state index contributed by atoms with van der Waals surface area (Å²) in [5.74, 6) is -0.500. The first-order chi connectivity index (χ1) is 13.9. The third-order valence-electron chi connectivity index (χ3n) is 4.55. The Labute approximate surface area is 176 Å². The largest absolute Gasteiger partial charge is 0.308 e. The van der Waals surface area contributed by atoms with Gasteiger partial charge in [-0.2, -0.15) is 0 Å². The molecule has 0 bridgehead atoms. The standard InChI is InChI=1S/C19H25FN4O3S2/c1-24(2)11-10-21-29(26)27-12-17(25)23-19-22-16-5-3-4-15(18(16)28-19)13-6-8-14(20)9-7-13/h6-9,15,21H,3-5,10-12H2,1-2H3,(H,22,23,25). The van der Waals surface area contributed by atoms with E-state index in [1.165, 1.54) is 23.5 Å². The number of benzene rings is 1. The molecule has 10 heteroatoms. The van der Waals surface area contributed by atoms with Gasteiger partial charge in [-0.15, -0.1) is 11.3 Å². The monoisotopic (exact) mass is 440 g/mol. The van der Waals surface area contributed by atoms with Crippen LogP contribution < -0.4 is 10.0 Å². The lowest BCUT2D eigenvalue weighted by molar-refractivity contribution is -0.117. The number of nitrogens with one attached hydrogen (secondary N) is 2. The minimum atomic E-state index is -1.73. The second-order valence-electron chi connectivity index (χ2n) is 7.07. The van der Waals surface area contributed by atoms with Gasteiger partial charge in [-0.3, -0.25) is 14.3 Å². The van der Waals surface area contributed by atoms with Crippen LogP contribution in [0.25, 0.3) is 0 Å². The Morgan fingerprint density at radius 3 is 2.86 bits per heavy atom. The molecule has 29 heavy (non-hydrogen) atoms. The summed E-state index contributed by atoms with van der Waals surface area (Å²) in [6, 6.07) is 6.55. The topological polar surface area (TPSA) is 83.6 Å². The van der Waals surface area contributed by atoms with Gasteiger partial charge in [0.2, 0.25) is 11.3 Å². The number of hydrogen-bond acceptors (Lipinski definition) is 6. The summed E-state index contributed by atoms with van der Waals surface area (Å²) in [5, 5.41) is 3.23. The highest BCUT2D eigenvalue weighted by atomic mass is 32.2. The Balaban J connectivity index is 1.55. The van der Waals surface area contributed by atoms with Crippen molar-refractivity contribution in [3.63, 3.8) is 0 Å². The molecule has 0 radical (unpaired) electrons. The van der Waals surface area contributed by atoms with Crippen molar-refractivity contribution in [1.29, 1.82) is 0 Å². The first-order valence-electron chi connectivity index (χ1n) is 9.40. The van der Waals surface area contributed by atoms with Crippen molar-refractivity contribution in [2.75, 3.05) is 39.1 Å². The lowest BCUT2D eigenvalue weighted by Gasteiger charge is -2.21. The van der Waals surface area contributed by atoms with Crippen LogP contribution in [0, 0.1) is 5.82 Å². The number of anilines is 1. The number of likely N-dealkylation sites (N-methyl/N-ethyl adjacent to an activating group) is 1. The number of amides is 1. The number of thiazole rings is 1. The average Bonchev–Trinajstić information content (AvgIpc) is 3.09. The molecule has 1 aliphatic carbocycles. The smallest absolute Gasteiger partial charge is 0.253 e. The van der Waals surface area contributed by atoms with Crippen LogP contribution in [0.4, 0.5) is 9.52 Å². The van der Waals surface area contributed by atoms with Gasteiger partial charge >= 0.3 is 0 Å². The molecular weight excluding hydrogens is 415 g/mol. The van der Waals surface area contributed by atoms with Gasteiger partial charge in [0.05, 0.1) is 5.69 Å². The Morgan fingerprint density at radius 2 is 2.14 bits per heavy atom. The molecule has 1 aliphatic rings. The van der Waals surface area contributed by atoms with Gasteiger partial charge in [-0.1, -0.05) is 12.1 Å². The van der Waals surface area contributed by atoms with Gasteiger partial charge in [0, 0.05) is 23.9 Å². The van der Waals surface area contributed by atoms with Crippen LogP contribution in [0.1, 0.15) is 34.9 Å². The summed E-state index contributed by atoms with van der Waals surface area (Å²) in [5.41, 5.74) is 2.03. The number of aryl methyl sites for hydroxylation is 1. The maximum Gasteiger partial charge on any atom is 0.253 e. The third kappa shape index (κ3) is 6.38. The lowest BCUT2D eigenvalue weighted by atomic mass is 9.86. The van der Waals surface area contributed by atoms with Crippen molar-refractivity contribution in [3.8, 4) is 0 Å². The minimum absolute atomic E-state index is 0.159. The van der Waals surface area contributed by atoms with E-state index in [9.17, 15) is 13.4 Å². The Kier molecular flexibility index (Phi) is 7.84. The van der Waals surface area contributed by atoms with E-state index in [-0.39, 0.29) is 18.3 Å². The molecule has 2 atom stereocenters. The van der Waals surface area contributed by atoms with E-state index in [0.29, 0.717) is 18.2 Å². The van der Waals surface area contributed by atoms with Crippen LogP contribution >= 0.6 is 11.3 Å². The highest BCUT2D eigenvalue weighted by Crippen LogP contribution is 2.41. The van der Waals surface area contributed by atoms with Crippen molar-refractivity contribution in [1.82, 2.24) is 14.6 Å². The quantitative estimate of drug-likeness (QED) is 0.626. The van der Waals surface area contributed by atoms with E-state index in [2.05, 4.69) is 15.0 Å². The van der Waals surface area contributed by atoms with E-state index in [0.717, 1.165) is 35.4 Å². The molecule has 0 spiro atoms. The van der Waals surface area contributed by atoms with E-state index < -0.39 is 17.2 Å². The first kappa shape index (κ1) is 22.0. The van der Waals surface area contributed by atoms with Gasteiger partial charge in [-0.25, -0.2) is 18.3 Å². The number of nitrogens with zero attached hydrogens (tertiary/aromatic N) is 2. The SMILES string of the molecule is CN(C)CCNS(=O)OCC(=O)Nc1nc2c(s1)C(c1ccc(F)cc1)CCC2. The van der Waals surface area contributed by atoms with Crippen molar-refractivity contribution < 1.29 is 17.6 Å². The van der Waals surface area contributed by atoms with Crippen LogP contribution in [-0.2, 0) is 26.7 Å². The molecular formula is C19H25FN4O3S2. The zero-order valence-electron chi connectivity index (χ0n) is 16.4. The molecule has 1 aromatic heterocycles. The molecule has 2 aromatic rings. The van der Waals surface area contributed by atoms with Gasteiger partial charge in [0.25, 0.3) is 5.91 Å². The Hall–Kier alpha value is -1.72. The van der Waals surface area contributed by atoms with E-state index >= 15 is 0 Å². The summed E-state index contributed by atoms with van der Waals surface area (Å²) in [7, 11) is 3.82. The van der Waals surface area contributed by atoms with Crippen molar-refractivity contribution in [3.05, 3.63) is 46.2 Å². The summed E-state index contributed by atoms with van der Waals surface area (Å²) < 4.78 is 32.7. The van der Waals surface area contributed by atoms with Crippen LogP contribution in [0.5, 0.6) is 0 Å². The predicted molar refractivity (Wildman–Crippen MR) is 113 cm³/mol. The van der Waals surface area contributed by atoms with Crippen molar-refractivity contribution >= 4 is 33.6 Å². The molecule has 1 heterocycles. The second-order valence-corrected chi connectivity index (χ2v) is 9.09. The molecule has 2 unspecified atom stereocenters. The third-order valence-corrected chi connectivity index (χ3v) is 6.44. The van der Waals surface area contributed by atoms with Crippen LogP contribution in [-0.4, -0.2) is 53.8 Å². The zero-order chi connectivity index (χ0) is 20.8. The fraction of sp³-hybridized carbons (Fsp3) is 0.474. The number of hydrogen-bond donors (Lipinski definition) is 2. The maximum absolute atomic E-state index is 13.2. The lowest BCUT2D eigenvalue weighted by Crippen LogP contribution is -2.30. The number of carbonyl (C=O) groups is 1. The highest BCUT2D eigenvalue weighted by molar-refractivity contribution is 7.78. The molecule has 0 aliphatic heterocycles. The molecule has 3 rings (SSSR count). The van der Waals surface area contributed by atoms with Gasteiger partial charge in [0.1, 0.15) is 12.4 Å². The van der Waals surface area contributed by atoms with E-state index in [1.807, 2.05) is 19.0 Å². The zero-order valence-corrected chi connectivity index (χ0v) is 18.1. The van der Waals surface area contributed by atoms with Gasteiger partial charge in [-0.05, 0) is 51.1 Å².